The number of carbonyl (C=O) groups excluding carboxylic acids is 1. The van der Waals surface area contributed by atoms with Gasteiger partial charge in [0.2, 0.25) is 0 Å². The molecule has 0 unspecified atom stereocenters. The van der Waals surface area contributed by atoms with E-state index in [0.29, 0.717) is 18.0 Å². The van der Waals surface area contributed by atoms with Crippen LogP contribution < -0.4 is 5.32 Å². The fraction of sp³-hybridized carbons (Fsp3) is 0.583. The van der Waals surface area contributed by atoms with Gasteiger partial charge in [-0.1, -0.05) is 13.8 Å². The Morgan fingerprint density at radius 2 is 2.21 bits per heavy atom. The molecule has 0 aliphatic rings. The van der Waals surface area contributed by atoms with Crippen molar-refractivity contribution in [2.45, 2.75) is 19.8 Å². The summed E-state index contributed by atoms with van der Waals surface area (Å²) in [4.78, 5) is 22.2. The average molecular weight is 285 g/mol. The molecule has 0 aromatic carbocycles. The number of nitrogens with zero attached hydrogens (tertiary/aromatic N) is 2. The van der Waals surface area contributed by atoms with Crippen LogP contribution in [0.4, 0.5) is 0 Å². The predicted octanol–water partition coefficient (Wildman–Crippen LogP) is 1.09. The lowest BCUT2D eigenvalue weighted by atomic mass is 10.1. The van der Waals surface area contributed by atoms with Gasteiger partial charge in [0.05, 0.1) is 11.4 Å². The van der Waals surface area contributed by atoms with Crippen LogP contribution in [-0.4, -0.2) is 44.8 Å². The van der Waals surface area contributed by atoms with E-state index in [9.17, 15) is 9.59 Å². The van der Waals surface area contributed by atoms with E-state index in [1.165, 1.54) is 11.8 Å². The molecular formula is C12H19N3O3S. The minimum atomic E-state index is -0.843. The number of carbonyl (C=O) groups is 2. The van der Waals surface area contributed by atoms with E-state index >= 15 is 0 Å². The van der Waals surface area contributed by atoms with Gasteiger partial charge in [-0.05, 0) is 12.0 Å². The summed E-state index contributed by atoms with van der Waals surface area (Å²) in [6, 6.07) is 1.78. The Labute approximate surface area is 116 Å². The van der Waals surface area contributed by atoms with Crippen molar-refractivity contribution in [3.8, 4) is 0 Å². The average Bonchev–Trinajstić information content (AvgIpc) is 2.70. The van der Waals surface area contributed by atoms with E-state index in [4.69, 9.17) is 5.11 Å². The molecule has 0 atom stereocenters. The highest BCUT2D eigenvalue weighted by atomic mass is 32.2. The molecule has 0 saturated heterocycles. The number of nitrogens with one attached hydrogen (secondary N) is 1. The van der Waals surface area contributed by atoms with Crippen molar-refractivity contribution >= 4 is 23.6 Å². The summed E-state index contributed by atoms with van der Waals surface area (Å²) < 4.78 is 1.56. The summed E-state index contributed by atoms with van der Waals surface area (Å²) in [6.07, 6.45) is 0. The number of carboxylic acid groups (broad SMARTS) is 1. The van der Waals surface area contributed by atoms with E-state index in [1.807, 2.05) is 13.8 Å². The quantitative estimate of drug-likeness (QED) is 0.733. The molecule has 0 aliphatic carbocycles. The lowest BCUT2D eigenvalue weighted by Gasteiger charge is -2.04. The summed E-state index contributed by atoms with van der Waals surface area (Å²) in [5, 5.41) is 15.5. The number of aryl methyl sites for hydroxylation is 1. The standard InChI is InChI=1S/C12H19N3O3S/c1-8(2)9-6-10(15(3)14-9)12(18)13-4-5-19-7-11(16)17/h6,8H,4-5,7H2,1-3H3,(H,13,18)(H,16,17). The molecule has 0 saturated carbocycles. The second-order valence-corrected chi connectivity index (χ2v) is 5.54. The van der Waals surface area contributed by atoms with Gasteiger partial charge in [-0.2, -0.15) is 5.10 Å². The number of hydrogen-bond acceptors (Lipinski definition) is 4. The smallest absolute Gasteiger partial charge is 0.313 e. The minimum Gasteiger partial charge on any atom is -0.481 e. The van der Waals surface area contributed by atoms with Crippen LogP contribution in [0.2, 0.25) is 0 Å². The Bertz CT molecular complexity index is 457. The molecule has 6 nitrogen and oxygen atoms in total. The van der Waals surface area contributed by atoms with Gasteiger partial charge in [-0.15, -0.1) is 11.8 Å². The van der Waals surface area contributed by atoms with Gasteiger partial charge in [0.25, 0.3) is 5.91 Å². The van der Waals surface area contributed by atoms with Crippen molar-refractivity contribution in [1.82, 2.24) is 15.1 Å². The highest BCUT2D eigenvalue weighted by Crippen LogP contribution is 2.13. The molecule has 0 fully saturated rings. The Hall–Kier alpha value is -1.50. The largest absolute Gasteiger partial charge is 0.481 e. The molecule has 1 aromatic rings. The Morgan fingerprint density at radius 1 is 1.53 bits per heavy atom. The van der Waals surface area contributed by atoms with Gasteiger partial charge in [-0.3, -0.25) is 14.3 Å². The molecule has 0 aliphatic heterocycles. The maximum absolute atomic E-state index is 11.9. The van der Waals surface area contributed by atoms with Crippen molar-refractivity contribution in [3.63, 3.8) is 0 Å². The molecule has 1 heterocycles. The molecule has 0 bridgehead atoms. The maximum Gasteiger partial charge on any atom is 0.313 e. The number of carboxylic acids is 1. The van der Waals surface area contributed by atoms with Crippen LogP contribution in [0.1, 0.15) is 35.9 Å². The van der Waals surface area contributed by atoms with Gasteiger partial charge >= 0.3 is 5.97 Å². The molecule has 1 rings (SSSR count). The second-order valence-electron chi connectivity index (χ2n) is 4.43. The molecule has 106 valence electrons. The molecule has 7 heteroatoms. The van der Waals surface area contributed by atoms with Crippen LogP contribution >= 0.6 is 11.8 Å². The third kappa shape index (κ3) is 4.94. The summed E-state index contributed by atoms with van der Waals surface area (Å²) >= 11 is 1.28. The third-order valence-corrected chi connectivity index (χ3v) is 3.42. The molecule has 0 spiro atoms. The molecular weight excluding hydrogens is 266 g/mol. The summed E-state index contributed by atoms with van der Waals surface area (Å²) in [6.45, 7) is 4.48. The van der Waals surface area contributed by atoms with Crippen LogP contribution in [-0.2, 0) is 11.8 Å². The molecule has 1 aromatic heterocycles. The monoisotopic (exact) mass is 285 g/mol. The maximum atomic E-state index is 11.9. The number of hydrogen-bond donors (Lipinski definition) is 2. The summed E-state index contributed by atoms with van der Waals surface area (Å²) in [5.41, 5.74) is 1.40. The number of thioether (sulfide) groups is 1. The third-order valence-electron chi connectivity index (χ3n) is 2.48. The summed E-state index contributed by atoms with van der Waals surface area (Å²) in [5.74, 6) is -0.118. The number of aromatic nitrogens is 2. The van der Waals surface area contributed by atoms with E-state index in [2.05, 4.69) is 10.4 Å². The molecule has 1 amide bonds. The van der Waals surface area contributed by atoms with Gasteiger partial charge in [-0.25, -0.2) is 0 Å². The zero-order valence-electron chi connectivity index (χ0n) is 11.3. The van der Waals surface area contributed by atoms with Crippen molar-refractivity contribution < 1.29 is 14.7 Å². The number of amides is 1. The van der Waals surface area contributed by atoms with Crippen LogP contribution in [0.15, 0.2) is 6.07 Å². The summed E-state index contributed by atoms with van der Waals surface area (Å²) in [7, 11) is 1.74. The van der Waals surface area contributed by atoms with Crippen molar-refractivity contribution in [2.24, 2.45) is 7.05 Å². The van der Waals surface area contributed by atoms with E-state index in [-0.39, 0.29) is 17.6 Å². The van der Waals surface area contributed by atoms with E-state index in [0.717, 1.165) is 5.69 Å². The molecule has 0 radical (unpaired) electrons. The highest BCUT2D eigenvalue weighted by Gasteiger charge is 2.14. The lowest BCUT2D eigenvalue weighted by molar-refractivity contribution is -0.133. The van der Waals surface area contributed by atoms with Crippen molar-refractivity contribution in [2.75, 3.05) is 18.1 Å². The first-order chi connectivity index (χ1) is 8.91. The Morgan fingerprint density at radius 3 is 2.74 bits per heavy atom. The Kier molecular flexibility index (Phi) is 5.88. The zero-order valence-corrected chi connectivity index (χ0v) is 12.2. The normalized spacial score (nSPS) is 10.7. The van der Waals surface area contributed by atoms with Gasteiger partial charge in [0.1, 0.15) is 5.69 Å². The first-order valence-corrected chi connectivity index (χ1v) is 7.19. The SMILES string of the molecule is CC(C)c1cc(C(=O)NCCSCC(=O)O)n(C)n1. The first kappa shape index (κ1) is 15.6. The van der Waals surface area contributed by atoms with Crippen LogP contribution in [0.25, 0.3) is 0 Å². The number of rotatable bonds is 7. The van der Waals surface area contributed by atoms with E-state index in [1.54, 1.807) is 17.8 Å². The van der Waals surface area contributed by atoms with Crippen molar-refractivity contribution in [1.29, 1.82) is 0 Å². The van der Waals surface area contributed by atoms with Crippen LogP contribution in [0.3, 0.4) is 0 Å². The second kappa shape index (κ2) is 7.18. The van der Waals surface area contributed by atoms with E-state index < -0.39 is 5.97 Å². The highest BCUT2D eigenvalue weighted by molar-refractivity contribution is 7.99. The topological polar surface area (TPSA) is 84.2 Å². The van der Waals surface area contributed by atoms with Gasteiger partial charge in [0, 0.05) is 19.3 Å². The zero-order chi connectivity index (χ0) is 14.4. The fourth-order valence-corrected chi connectivity index (χ4v) is 2.04. The minimum absolute atomic E-state index is 0.0546. The number of aliphatic carboxylic acids is 1. The van der Waals surface area contributed by atoms with Gasteiger partial charge < -0.3 is 10.4 Å². The predicted molar refractivity (Wildman–Crippen MR) is 74.6 cm³/mol. The molecule has 2 N–H and O–H groups in total. The lowest BCUT2D eigenvalue weighted by Crippen LogP contribution is -2.27. The Balaban J connectivity index is 2.43. The van der Waals surface area contributed by atoms with Crippen molar-refractivity contribution in [3.05, 3.63) is 17.5 Å². The fourth-order valence-electron chi connectivity index (χ4n) is 1.47. The van der Waals surface area contributed by atoms with Gasteiger partial charge in [0.15, 0.2) is 0 Å². The van der Waals surface area contributed by atoms with Crippen LogP contribution in [0.5, 0.6) is 0 Å². The van der Waals surface area contributed by atoms with Crippen LogP contribution in [0, 0.1) is 0 Å². The first-order valence-electron chi connectivity index (χ1n) is 6.03. The molecule has 19 heavy (non-hydrogen) atoms.